The molecule has 2 N–H and O–H groups in total. The van der Waals surface area contributed by atoms with E-state index in [0.29, 0.717) is 18.9 Å². The summed E-state index contributed by atoms with van der Waals surface area (Å²) in [7, 11) is 0. The molecule has 2 amide bonds. The van der Waals surface area contributed by atoms with Crippen molar-refractivity contribution in [1.82, 2.24) is 15.5 Å². The molecule has 1 fully saturated rings. The minimum absolute atomic E-state index is 0. The van der Waals surface area contributed by atoms with Crippen molar-refractivity contribution in [3.8, 4) is 0 Å². The molecule has 2 aromatic rings. The van der Waals surface area contributed by atoms with Crippen LogP contribution in [0.4, 0.5) is 0 Å². The van der Waals surface area contributed by atoms with Crippen LogP contribution in [0.25, 0.3) is 0 Å². The summed E-state index contributed by atoms with van der Waals surface area (Å²) in [6, 6.07) is 10.9. The average Bonchev–Trinajstić information content (AvgIpc) is 3.23. The lowest BCUT2D eigenvalue weighted by atomic mass is 9.91. The highest BCUT2D eigenvalue weighted by Gasteiger charge is 2.37. The van der Waals surface area contributed by atoms with Crippen molar-refractivity contribution in [2.24, 2.45) is 5.92 Å². The molecule has 0 bridgehead atoms. The van der Waals surface area contributed by atoms with E-state index in [1.807, 2.05) is 24.3 Å². The Bertz CT molecular complexity index is 824. The Morgan fingerprint density at radius 2 is 1.96 bits per heavy atom. The zero-order chi connectivity index (χ0) is 18.8. The lowest BCUT2D eigenvalue weighted by Gasteiger charge is -2.38. The van der Waals surface area contributed by atoms with Crippen LogP contribution in [0, 0.1) is 5.92 Å². The summed E-state index contributed by atoms with van der Waals surface area (Å²) in [6.45, 7) is 4.32. The Labute approximate surface area is 171 Å². The maximum atomic E-state index is 13.1. The van der Waals surface area contributed by atoms with Gasteiger partial charge in [0.1, 0.15) is 6.04 Å². The van der Waals surface area contributed by atoms with Gasteiger partial charge in [0, 0.05) is 25.6 Å². The molecule has 1 saturated heterocycles. The van der Waals surface area contributed by atoms with Crippen LogP contribution in [0.1, 0.15) is 35.0 Å². The lowest BCUT2D eigenvalue weighted by molar-refractivity contribution is -0.127. The number of furan rings is 1. The highest BCUT2D eigenvalue weighted by molar-refractivity contribution is 5.96. The van der Waals surface area contributed by atoms with Crippen LogP contribution in [-0.4, -0.2) is 41.9 Å². The quantitative estimate of drug-likeness (QED) is 0.825. The molecule has 3 heterocycles. The van der Waals surface area contributed by atoms with Crippen LogP contribution in [-0.2, 0) is 17.8 Å². The summed E-state index contributed by atoms with van der Waals surface area (Å²) in [5.41, 5.74) is 2.20. The van der Waals surface area contributed by atoms with Crippen molar-refractivity contribution in [2.75, 3.05) is 13.1 Å². The van der Waals surface area contributed by atoms with Gasteiger partial charge in [0.05, 0.1) is 6.26 Å². The molecule has 2 aliphatic heterocycles. The van der Waals surface area contributed by atoms with Crippen LogP contribution in [0.5, 0.6) is 0 Å². The second-order valence-electron chi connectivity index (χ2n) is 7.48. The minimum atomic E-state index is -0.536. The molecule has 6 nitrogen and oxygen atoms in total. The Morgan fingerprint density at radius 1 is 1.18 bits per heavy atom. The van der Waals surface area contributed by atoms with Crippen LogP contribution < -0.4 is 10.6 Å². The largest absolute Gasteiger partial charge is 0.459 e. The Hall–Kier alpha value is -2.31. The Morgan fingerprint density at radius 3 is 2.68 bits per heavy atom. The van der Waals surface area contributed by atoms with Crippen LogP contribution in [0.3, 0.4) is 0 Å². The molecule has 0 spiro atoms. The van der Waals surface area contributed by atoms with Gasteiger partial charge in [0.2, 0.25) is 5.91 Å². The lowest BCUT2D eigenvalue weighted by Crippen LogP contribution is -2.58. The fourth-order valence-electron chi connectivity index (χ4n) is 3.97. The summed E-state index contributed by atoms with van der Waals surface area (Å²) in [5.74, 6) is 0.342. The Balaban J connectivity index is 0.00000225. The first-order valence-electron chi connectivity index (χ1n) is 9.56. The first-order valence-corrected chi connectivity index (χ1v) is 9.56. The topological polar surface area (TPSA) is 74.6 Å². The molecular formula is C21H26ClN3O3. The van der Waals surface area contributed by atoms with Gasteiger partial charge in [0.15, 0.2) is 5.76 Å². The van der Waals surface area contributed by atoms with Gasteiger partial charge < -0.3 is 20.0 Å². The summed E-state index contributed by atoms with van der Waals surface area (Å²) in [6.07, 6.45) is 3.03. The molecule has 28 heavy (non-hydrogen) atoms. The molecule has 4 rings (SSSR count). The number of rotatable bonds is 3. The van der Waals surface area contributed by atoms with Crippen molar-refractivity contribution in [1.29, 1.82) is 0 Å². The second kappa shape index (κ2) is 8.80. The number of benzene rings is 1. The molecule has 0 aliphatic carbocycles. The van der Waals surface area contributed by atoms with Crippen LogP contribution in [0.15, 0.2) is 47.1 Å². The maximum absolute atomic E-state index is 13.1. The number of halogens is 1. The molecule has 150 valence electrons. The van der Waals surface area contributed by atoms with Crippen molar-refractivity contribution in [3.63, 3.8) is 0 Å². The van der Waals surface area contributed by atoms with E-state index >= 15 is 0 Å². The number of nitrogens with zero attached hydrogens (tertiary/aromatic N) is 1. The number of nitrogens with one attached hydrogen (secondary N) is 2. The fourth-order valence-corrected chi connectivity index (χ4v) is 3.97. The van der Waals surface area contributed by atoms with E-state index in [1.165, 1.54) is 6.26 Å². The monoisotopic (exact) mass is 403 g/mol. The minimum Gasteiger partial charge on any atom is -0.459 e. The normalized spacial score (nSPS) is 24.0. The van der Waals surface area contributed by atoms with E-state index in [-0.39, 0.29) is 36.0 Å². The molecule has 3 unspecified atom stereocenters. The summed E-state index contributed by atoms with van der Waals surface area (Å²) in [5, 5.41) is 6.51. The molecule has 0 radical (unpaired) electrons. The number of hydrogen-bond donors (Lipinski definition) is 2. The van der Waals surface area contributed by atoms with Gasteiger partial charge >= 0.3 is 0 Å². The van der Waals surface area contributed by atoms with E-state index in [2.05, 4.69) is 17.6 Å². The molecule has 1 aromatic heterocycles. The van der Waals surface area contributed by atoms with Crippen LogP contribution in [0.2, 0.25) is 0 Å². The first kappa shape index (κ1) is 20.4. The van der Waals surface area contributed by atoms with Gasteiger partial charge in [-0.2, -0.15) is 0 Å². The van der Waals surface area contributed by atoms with E-state index in [0.717, 1.165) is 30.6 Å². The predicted octanol–water partition coefficient (Wildman–Crippen LogP) is 2.38. The molecule has 7 heteroatoms. The molecule has 0 saturated carbocycles. The van der Waals surface area contributed by atoms with Gasteiger partial charge in [-0.25, -0.2) is 0 Å². The van der Waals surface area contributed by atoms with E-state index in [9.17, 15) is 9.59 Å². The zero-order valence-corrected chi connectivity index (χ0v) is 16.7. The second-order valence-corrected chi connectivity index (χ2v) is 7.48. The number of carbonyl (C=O) groups excluding carboxylic acids is 2. The highest BCUT2D eigenvalue weighted by atomic mass is 35.5. The zero-order valence-electron chi connectivity index (χ0n) is 15.9. The number of hydrogen-bond acceptors (Lipinski definition) is 4. The summed E-state index contributed by atoms with van der Waals surface area (Å²) in [4.78, 5) is 27.8. The maximum Gasteiger partial charge on any atom is 0.290 e. The third-order valence-electron chi connectivity index (χ3n) is 5.70. The first-order chi connectivity index (χ1) is 13.1. The number of carbonyl (C=O) groups is 2. The van der Waals surface area contributed by atoms with Crippen LogP contribution >= 0.6 is 12.4 Å². The van der Waals surface area contributed by atoms with E-state index in [4.69, 9.17) is 4.42 Å². The molecule has 2 aliphatic rings. The predicted molar refractivity (Wildman–Crippen MR) is 108 cm³/mol. The highest BCUT2D eigenvalue weighted by Crippen LogP contribution is 2.26. The van der Waals surface area contributed by atoms with Gasteiger partial charge in [-0.05, 0) is 42.1 Å². The number of piperidine rings is 1. The third-order valence-corrected chi connectivity index (χ3v) is 5.70. The molecular weight excluding hydrogens is 378 g/mol. The van der Waals surface area contributed by atoms with E-state index < -0.39 is 6.04 Å². The van der Waals surface area contributed by atoms with Crippen molar-refractivity contribution < 1.29 is 14.0 Å². The molecule has 1 aromatic carbocycles. The van der Waals surface area contributed by atoms with Crippen molar-refractivity contribution in [3.05, 3.63) is 59.5 Å². The summed E-state index contributed by atoms with van der Waals surface area (Å²) < 4.78 is 5.30. The SMILES string of the molecule is CC1CCNCC1NC(=O)C1Cc2ccccc2CN1C(=O)c1ccco1.Cl. The standard InChI is InChI=1S/C21H25N3O3.ClH/c1-14-8-9-22-12-17(14)23-20(25)18-11-15-5-2-3-6-16(15)13-24(18)21(26)19-7-4-10-27-19;/h2-7,10,14,17-18,22H,8-9,11-13H2,1H3,(H,23,25);1H. The number of fused-ring (bicyclic) bond motifs is 1. The fraction of sp³-hybridized carbons (Fsp3) is 0.429. The third kappa shape index (κ3) is 4.08. The van der Waals surface area contributed by atoms with Gasteiger partial charge in [-0.1, -0.05) is 31.2 Å². The van der Waals surface area contributed by atoms with Gasteiger partial charge in [0.25, 0.3) is 5.91 Å². The van der Waals surface area contributed by atoms with E-state index in [1.54, 1.807) is 17.0 Å². The van der Waals surface area contributed by atoms with Crippen molar-refractivity contribution in [2.45, 2.75) is 38.4 Å². The smallest absolute Gasteiger partial charge is 0.290 e. The summed E-state index contributed by atoms with van der Waals surface area (Å²) >= 11 is 0. The van der Waals surface area contributed by atoms with Gasteiger partial charge in [-0.15, -0.1) is 12.4 Å². The van der Waals surface area contributed by atoms with Crippen molar-refractivity contribution >= 4 is 24.2 Å². The number of amides is 2. The van der Waals surface area contributed by atoms with Gasteiger partial charge in [-0.3, -0.25) is 9.59 Å². The average molecular weight is 404 g/mol. The molecule has 3 atom stereocenters. The Kier molecular flexibility index (Phi) is 6.42.